The van der Waals surface area contributed by atoms with Crippen LogP contribution in [0.25, 0.3) is 0 Å². The summed E-state index contributed by atoms with van der Waals surface area (Å²) in [5.74, 6) is -0.0956. The van der Waals surface area contributed by atoms with Crippen molar-refractivity contribution in [3.8, 4) is 0 Å². The van der Waals surface area contributed by atoms with Crippen LogP contribution in [0.1, 0.15) is 36.2 Å². The number of nitrogens with one attached hydrogen (secondary N) is 1. The minimum absolute atomic E-state index is 0.0319. The Balaban J connectivity index is 1.82. The van der Waals surface area contributed by atoms with Gasteiger partial charge in [-0.2, -0.15) is 0 Å². The largest absolute Gasteiger partial charge is 0.340 e. The molecule has 0 spiro atoms. The van der Waals surface area contributed by atoms with E-state index in [9.17, 15) is 14.9 Å². The van der Waals surface area contributed by atoms with Gasteiger partial charge in [0.05, 0.1) is 11.1 Å². The molecule has 114 valence electrons. The van der Waals surface area contributed by atoms with Crippen molar-refractivity contribution in [1.29, 1.82) is 0 Å². The molecule has 1 N–H and O–H groups in total. The lowest BCUT2D eigenvalue weighted by molar-refractivity contribution is -0.384. The third-order valence-corrected chi connectivity index (χ3v) is 4.54. The molecule has 1 aromatic rings. The van der Waals surface area contributed by atoms with Crippen molar-refractivity contribution in [2.45, 2.75) is 37.8 Å². The molecule has 2 fully saturated rings. The minimum Gasteiger partial charge on any atom is -0.340 e. The maximum Gasteiger partial charge on any atom is 0.287 e. The van der Waals surface area contributed by atoms with Crippen LogP contribution in [-0.2, 0) is 7.05 Å². The topological polar surface area (TPSA) is 80.4 Å². The molecule has 0 saturated carbocycles. The van der Waals surface area contributed by atoms with E-state index in [1.54, 1.807) is 11.6 Å². The number of hydrogen-bond acceptors (Lipinski definition) is 4. The summed E-state index contributed by atoms with van der Waals surface area (Å²) < 4.78 is 1.55. The van der Waals surface area contributed by atoms with Gasteiger partial charge in [-0.15, -0.1) is 0 Å². The van der Waals surface area contributed by atoms with Gasteiger partial charge in [0.2, 0.25) is 0 Å². The zero-order valence-corrected chi connectivity index (χ0v) is 12.1. The summed E-state index contributed by atoms with van der Waals surface area (Å²) in [7, 11) is 1.68. The normalized spacial score (nSPS) is 25.5. The molecule has 2 aliphatic rings. The lowest BCUT2D eigenvalue weighted by Crippen LogP contribution is -2.46. The molecular formula is C14H20N4O3. The van der Waals surface area contributed by atoms with Crippen LogP contribution in [0.3, 0.4) is 0 Å². The number of rotatable bonds is 3. The first-order valence-corrected chi connectivity index (χ1v) is 7.43. The number of likely N-dealkylation sites (tertiary alicyclic amines) is 1. The van der Waals surface area contributed by atoms with Gasteiger partial charge in [-0.3, -0.25) is 14.9 Å². The Hall–Kier alpha value is -1.89. The summed E-state index contributed by atoms with van der Waals surface area (Å²) in [4.78, 5) is 25.0. The van der Waals surface area contributed by atoms with Crippen LogP contribution in [0.4, 0.5) is 5.69 Å². The maximum atomic E-state index is 12.7. The van der Waals surface area contributed by atoms with Crippen molar-refractivity contribution in [2.75, 3.05) is 13.1 Å². The summed E-state index contributed by atoms with van der Waals surface area (Å²) in [5, 5.41) is 14.3. The first-order chi connectivity index (χ1) is 10.1. The van der Waals surface area contributed by atoms with Crippen LogP contribution in [-0.4, -0.2) is 45.5 Å². The summed E-state index contributed by atoms with van der Waals surface area (Å²) in [6.45, 7) is 1.75. The summed E-state index contributed by atoms with van der Waals surface area (Å²) in [6.07, 6.45) is 5.66. The average Bonchev–Trinajstić information content (AvgIpc) is 3.17. The fourth-order valence-corrected chi connectivity index (χ4v) is 3.51. The highest BCUT2D eigenvalue weighted by molar-refractivity contribution is 5.94. The first-order valence-electron chi connectivity index (χ1n) is 7.43. The minimum atomic E-state index is -0.462. The zero-order valence-electron chi connectivity index (χ0n) is 12.1. The quantitative estimate of drug-likeness (QED) is 0.672. The number of nitro groups is 1. The van der Waals surface area contributed by atoms with E-state index < -0.39 is 4.92 Å². The number of hydrogen-bond donors (Lipinski definition) is 1. The fourth-order valence-electron chi connectivity index (χ4n) is 3.51. The Bertz CT molecular complexity index is 563. The molecule has 7 nitrogen and oxygen atoms in total. The molecule has 2 unspecified atom stereocenters. The summed E-state index contributed by atoms with van der Waals surface area (Å²) >= 11 is 0. The van der Waals surface area contributed by atoms with Gasteiger partial charge in [0.1, 0.15) is 5.69 Å². The highest BCUT2D eigenvalue weighted by atomic mass is 16.6. The SMILES string of the molecule is Cn1cc([N+](=O)[O-])cc1C(=O)N1CCCC1C1CCCN1. The molecule has 0 aliphatic carbocycles. The van der Waals surface area contributed by atoms with Crippen LogP contribution in [0.15, 0.2) is 12.3 Å². The Morgan fingerprint density at radius 2 is 2.24 bits per heavy atom. The van der Waals surface area contributed by atoms with Gasteiger partial charge in [-0.05, 0) is 32.2 Å². The van der Waals surface area contributed by atoms with Crippen molar-refractivity contribution in [3.05, 3.63) is 28.1 Å². The van der Waals surface area contributed by atoms with Crippen molar-refractivity contribution < 1.29 is 9.72 Å². The van der Waals surface area contributed by atoms with E-state index in [0.717, 1.165) is 38.8 Å². The smallest absolute Gasteiger partial charge is 0.287 e. The third-order valence-electron chi connectivity index (χ3n) is 4.54. The molecule has 1 aromatic heterocycles. The molecular weight excluding hydrogens is 272 g/mol. The highest BCUT2D eigenvalue weighted by Crippen LogP contribution is 2.27. The number of carbonyl (C=O) groups excluding carboxylic acids is 1. The number of carbonyl (C=O) groups is 1. The van der Waals surface area contributed by atoms with E-state index >= 15 is 0 Å². The molecule has 2 aliphatic heterocycles. The molecule has 3 rings (SSSR count). The molecule has 0 bridgehead atoms. The number of amides is 1. The standard InChI is InChI=1S/C14H20N4O3/c1-16-9-10(18(20)21)8-13(16)14(19)17-7-3-5-12(17)11-4-2-6-15-11/h8-9,11-12,15H,2-7H2,1H3. The maximum absolute atomic E-state index is 12.7. The molecule has 2 atom stereocenters. The molecule has 2 saturated heterocycles. The second kappa shape index (κ2) is 5.48. The predicted molar refractivity (Wildman–Crippen MR) is 77.2 cm³/mol. The van der Waals surface area contributed by atoms with Crippen LogP contribution in [0, 0.1) is 10.1 Å². The van der Waals surface area contributed by atoms with E-state index in [-0.39, 0.29) is 17.6 Å². The Morgan fingerprint density at radius 1 is 1.43 bits per heavy atom. The van der Waals surface area contributed by atoms with Gasteiger partial charge in [0.15, 0.2) is 0 Å². The monoisotopic (exact) mass is 292 g/mol. The van der Waals surface area contributed by atoms with Crippen LogP contribution in [0.5, 0.6) is 0 Å². The van der Waals surface area contributed by atoms with Crippen molar-refractivity contribution in [1.82, 2.24) is 14.8 Å². The van der Waals surface area contributed by atoms with Crippen LogP contribution >= 0.6 is 0 Å². The van der Waals surface area contributed by atoms with Gasteiger partial charge < -0.3 is 14.8 Å². The predicted octanol–water partition coefficient (Wildman–Crippen LogP) is 1.29. The van der Waals surface area contributed by atoms with Gasteiger partial charge in [-0.25, -0.2) is 0 Å². The van der Waals surface area contributed by atoms with Crippen molar-refractivity contribution in [3.63, 3.8) is 0 Å². The average molecular weight is 292 g/mol. The van der Waals surface area contributed by atoms with Gasteiger partial charge in [-0.1, -0.05) is 0 Å². The van der Waals surface area contributed by atoms with E-state index in [1.807, 2.05) is 4.90 Å². The van der Waals surface area contributed by atoms with Gasteiger partial charge in [0, 0.05) is 31.7 Å². The van der Waals surface area contributed by atoms with Crippen molar-refractivity contribution >= 4 is 11.6 Å². The lowest BCUT2D eigenvalue weighted by atomic mass is 10.0. The fraction of sp³-hybridized carbons (Fsp3) is 0.643. The summed E-state index contributed by atoms with van der Waals surface area (Å²) in [5.41, 5.74) is 0.363. The molecule has 3 heterocycles. The summed E-state index contributed by atoms with van der Waals surface area (Å²) in [6, 6.07) is 1.96. The molecule has 0 aromatic carbocycles. The Morgan fingerprint density at radius 3 is 2.86 bits per heavy atom. The number of aromatic nitrogens is 1. The number of aryl methyl sites for hydroxylation is 1. The van der Waals surface area contributed by atoms with Gasteiger partial charge >= 0.3 is 0 Å². The van der Waals surface area contributed by atoms with Crippen LogP contribution < -0.4 is 5.32 Å². The van der Waals surface area contributed by atoms with E-state index in [4.69, 9.17) is 0 Å². The Labute approximate surface area is 123 Å². The first kappa shape index (κ1) is 14.1. The molecule has 7 heteroatoms. The van der Waals surface area contributed by atoms with E-state index in [0.29, 0.717) is 11.7 Å². The second-order valence-electron chi connectivity index (χ2n) is 5.86. The van der Waals surface area contributed by atoms with E-state index in [2.05, 4.69) is 5.32 Å². The molecule has 1 amide bonds. The zero-order chi connectivity index (χ0) is 15.0. The highest BCUT2D eigenvalue weighted by Gasteiger charge is 2.37. The van der Waals surface area contributed by atoms with Gasteiger partial charge in [0.25, 0.3) is 11.6 Å². The Kier molecular flexibility index (Phi) is 3.67. The number of nitrogens with zero attached hydrogens (tertiary/aromatic N) is 3. The lowest BCUT2D eigenvalue weighted by Gasteiger charge is -2.29. The molecule has 21 heavy (non-hydrogen) atoms. The third kappa shape index (κ3) is 2.53. The molecule has 0 radical (unpaired) electrons. The van der Waals surface area contributed by atoms with Crippen molar-refractivity contribution in [2.24, 2.45) is 7.05 Å². The van der Waals surface area contributed by atoms with E-state index in [1.165, 1.54) is 12.3 Å². The van der Waals surface area contributed by atoms with Crippen LogP contribution in [0.2, 0.25) is 0 Å². The second-order valence-corrected chi connectivity index (χ2v) is 5.86.